The molecular weight excluding hydrogens is 248 g/mol. The van der Waals surface area contributed by atoms with E-state index in [2.05, 4.69) is 12.1 Å². The molecule has 0 saturated heterocycles. The number of fused-ring (bicyclic) bond motifs is 1. The minimum absolute atomic E-state index is 0.145. The maximum Gasteiger partial charge on any atom is 0.227 e. The first-order valence-corrected chi connectivity index (χ1v) is 6.65. The lowest BCUT2D eigenvalue weighted by Gasteiger charge is -2.29. The summed E-state index contributed by atoms with van der Waals surface area (Å²) in [5, 5.41) is 8.95. The molecule has 2 aromatic rings. The minimum atomic E-state index is 0.145. The number of anilines is 1. The van der Waals surface area contributed by atoms with Crippen molar-refractivity contribution in [3.8, 4) is 6.07 Å². The van der Waals surface area contributed by atoms with Gasteiger partial charge in [-0.25, -0.2) is 0 Å². The summed E-state index contributed by atoms with van der Waals surface area (Å²) in [5.74, 6) is 0.145. The second-order valence-corrected chi connectivity index (χ2v) is 4.92. The highest BCUT2D eigenvalue weighted by Crippen LogP contribution is 2.28. The van der Waals surface area contributed by atoms with Crippen LogP contribution >= 0.6 is 0 Å². The van der Waals surface area contributed by atoms with E-state index in [1.54, 1.807) is 6.07 Å². The van der Waals surface area contributed by atoms with Crippen LogP contribution in [-0.2, 0) is 17.8 Å². The number of carbonyl (C=O) groups is 1. The minimum Gasteiger partial charge on any atom is -0.308 e. The molecule has 0 radical (unpaired) electrons. The molecule has 2 aromatic carbocycles. The molecule has 0 aromatic heterocycles. The Hall–Kier alpha value is -2.60. The third-order valence-electron chi connectivity index (χ3n) is 3.59. The van der Waals surface area contributed by atoms with E-state index >= 15 is 0 Å². The van der Waals surface area contributed by atoms with Crippen molar-refractivity contribution in [2.75, 3.05) is 4.90 Å². The molecular formula is C17H14N2O. The van der Waals surface area contributed by atoms with Crippen molar-refractivity contribution in [3.63, 3.8) is 0 Å². The van der Waals surface area contributed by atoms with Crippen LogP contribution < -0.4 is 4.90 Å². The molecule has 1 aliphatic heterocycles. The van der Waals surface area contributed by atoms with Crippen LogP contribution in [0.25, 0.3) is 0 Å². The third kappa shape index (κ3) is 2.28. The van der Waals surface area contributed by atoms with Gasteiger partial charge in [-0.2, -0.15) is 5.26 Å². The Morgan fingerprint density at radius 1 is 1.10 bits per heavy atom. The molecule has 1 amide bonds. The summed E-state index contributed by atoms with van der Waals surface area (Å²) >= 11 is 0. The van der Waals surface area contributed by atoms with Gasteiger partial charge < -0.3 is 4.90 Å². The lowest BCUT2D eigenvalue weighted by molar-refractivity contribution is -0.119. The van der Waals surface area contributed by atoms with Crippen LogP contribution in [0.15, 0.2) is 48.5 Å². The second kappa shape index (κ2) is 5.18. The number of nitriles is 1. The molecule has 0 atom stereocenters. The highest BCUT2D eigenvalue weighted by Gasteiger charge is 2.23. The molecule has 0 aliphatic carbocycles. The van der Waals surface area contributed by atoms with E-state index < -0.39 is 0 Å². The summed E-state index contributed by atoms with van der Waals surface area (Å²) in [7, 11) is 0. The van der Waals surface area contributed by atoms with Crippen LogP contribution in [-0.4, -0.2) is 5.91 Å². The third-order valence-corrected chi connectivity index (χ3v) is 3.59. The highest BCUT2D eigenvalue weighted by atomic mass is 16.2. The first kappa shape index (κ1) is 12.4. The molecule has 0 spiro atoms. The van der Waals surface area contributed by atoms with E-state index in [9.17, 15) is 4.79 Å². The average Bonchev–Trinajstić information content (AvgIpc) is 2.50. The maximum absolute atomic E-state index is 12.2. The SMILES string of the molecule is N#Cc1cccc(CN2C(=O)CCc3ccccc32)c1. The largest absolute Gasteiger partial charge is 0.308 e. The van der Waals surface area contributed by atoms with E-state index in [1.165, 1.54) is 5.56 Å². The fourth-order valence-corrected chi connectivity index (χ4v) is 2.59. The predicted octanol–water partition coefficient (Wildman–Crippen LogP) is 3.04. The van der Waals surface area contributed by atoms with Crippen LogP contribution in [0.2, 0.25) is 0 Å². The smallest absolute Gasteiger partial charge is 0.227 e. The molecule has 0 N–H and O–H groups in total. The van der Waals surface area contributed by atoms with Gasteiger partial charge in [0.2, 0.25) is 5.91 Å². The molecule has 3 rings (SSSR count). The number of carbonyl (C=O) groups excluding carboxylic acids is 1. The van der Waals surface area contributed by atoms with Gasteiger partial charge in [-0.15, -0.1) is 0 Å². The van der Waals surface area contributed by atoms with Crippen molar-refractivity contribution >= 4 is 11.6 Å². The van der Waals surface area contributed by atoms with E-state index in [0.717, 1.165) is 17.7 Å². The fraction of sp³-hybridized carbons (Fsp3) is 0.176. The van der Waals surface area contributed by atoms with E-state index in [1.807, 2.05) is 41.3 Å². The molecule has 1 heterocycles. The zero-order chi connectivity index (χ0) is 13.9. The van der Waals surface area contributed by atoms with E-state index in [0.29, 0.717) is 18.5 Å². The number of para-hydroxylation sites is 1. The van der Waals surface area contributed by atoms with Crippen molar-refractivity contribution < 1.29 is 4.79 Å². The molecule has 1 aliphatic rings. The van der Waals surface area contributed by atoms with Gasteiger partial charge in [0.05, 0.1) is 18.2 Å². The van der Waals surface area contributed by atoms with Gasteiger partial charge in [0, 0.05) is 12.1 Å². The Morgan fingerprint density at radius 2 is 1.95 bits per heavy atom. The topological polar surface area (TPSA) is 44.1 Å². The first-order chi connectivity index (χ1) is 9.78. The standard InChI is InChI=1S/C17H14N2O/c18-11-13-4-3-5-14(10-13)12-19-16-7-2-1-6-15(16)8-9-17(19)20/h1-7,10H,8-9,12H2. The Balaban J connectivity index is 1.94. The molecule has 20 heavy (non-hydrogen) atoms. The normalized spacial score (nSPS) is 13.8. The monoisotopic (exact) mass is 262 g/mol. The van der Waals surface area contributed by atoms with Crippen LogP contribution in [0, 0.1) is 11.3 Å². The number of amides is 1. The quantitative estimate of drug-likeness (QED) is 0.835. The van der Waals surface area contributed by atoms with Crippen LogP contribution in [0.4, 0.5) is 5.69 Å². The summed E-state index contributed by atoms with van der Waals surface area (Å²) in [6, 6.07) is 17.6. The van der Waals surface area contributed by atoms with Crippen molar-refractivity contribution in [2.24, 2.45) is 0 Å². The lowest BCUT2D eigenvalue weighted by Crippen LogP contribution is -2.34. The van der Waals surface area contributed by atoms with Crippen LogP contribution in [0.5, 0.6) is 0 Å². The van der Waals surface area contributed by atoms with Crippen molar-refractivity contribution in [2.45, 2.75) is 19.4 Å². The van der Waals surface area contributed by atoms with Gasteiger partial charge in [-0.3, -0.25) is 4.79 Å². The van der Waals surface area contributed by atoms with Crippen molar-refractivity contribution in [1.29, 1.82) is 5.26 Å². The first-order valence-electron chi connectivity index (χ1n) is 6.65. The average molecular weight is 262 g/mol. The molecule has 0 unspecified atom stereocenters. The maximum atomic E-state index is 12.2. The zero-order valence-electron chi connectivity index (χ0n) is 11.0. The number of benzene rings is 2. The summed E-state index contributed by atoms with van der Waals surface area (Å²) < 4.78 is 0. The molecule has 98 valence electrons. The molecule has 0 saturated carbocycles. The number of rotatable bonds is 2. The molecule has 0 bridgehead atoms. The van der Waals surface area contributed by atoms with Crippen molar-refractivity contribution in [1.82, 2.24) is 0 Å². The number of hydrogen-bond acceptors (Lipinski definition) is 2. The van der Waals surface area contributed by atoms with Crippen LogP contribution in [0.1, 0.15) is 23.1 Å². The van der Waals surface area contributed by atoms with Crippen molar-refractivity contribution in [3.05, 3.63) is 65.2 Å². The number of nitrogens with zero attached hydrogens (tertiary/aromatic N) is 2. The van der Waals surface area contributed by atoms with Gasteiger partial charge in [-0.05, 0) is 35.7 Å². The fourth-order valence-electron chi connectivity index (χ4n) is 2.59. The summed E-state index contributed by atoms with van der Waals surface area (Å²) in [4.78, 5) is 14.0. The van der Waals surface area contributed by atoms with Gasteiger partial charge in [0.1, 0.15) is 0 Å². The second-order valence-electron chi connectivity index (χ2n) is 4.92. The summed E-state index contributed by atoms with van der Waals surface area (Å²) in [6.07, 6.45) is 1.36. The molecule has 3 nitrogen and oxygen atoms in total. The van der Waals surface area contributed by atoms with Gasteiger partial charge in [0.25, 0.3) is 0 Å². The number of hydrogen-bond donors (Lipinski definition) is 0. The van der Waals surface area contributed by atoms with Gasteiger partial charge in [-0.1, -0.05) is 30.3 Å². The highest BCUT2D eigenvalue weighted by molar-refractivity contribution is 5.96. The van der Waals surface area contributed by atoms with Gasteiger partial charge in [0.15, 0.2) is 0 Å². The van der Waals surface area contributed by atoms with Gasteiger partial charge >= 0.3 is 0 Å². The summed E-state index contributed by atoms with van der Waals surface area (Å²) in [6.45, 7) is 0.519. The number of aryl methyl sites for hydroxylation is 1. The molecule has 0 fully saturated rings. The Bertz CT molecular complexity index is 700. The predicted molar refractivity (Wildman–Crippen MR) is 77.1 cm³/mol. The molecule has 3 heteroatoms. The Morgan fingerprint density at radius 3 is 2.80 bits per heavy atom. The zero-order valence-corrected chi connectivity index (χ0v) is 11.0. The Labute approximate surface area is 118 Å². The van der Waals surface area contributed by atoms with E-state index in [4.69, 9.17) is 5.26 Å². The van der Waals surface area contributed by atoms with Crippen LogP contribution in [0.3, 0.4) is 0 Å². The Kier molecular flexibility index (Phi) is 3.22. The summed E-state index contributed by atoms with van der Waals surface area (Å²) in [5.41, 5.74) is 3.81. The lowest BCUT2D eigenvalue weighted by atomic mass is 10.0. The van der Waals surface area contributed by atoms with E-state index in [-0.39, 0.29) is 5.91 Å².